The van der Waals surface area contributed by atoms with E-state index in [9.17, 15) is 4.79 Å². The Labute approximate surface area is 245 Å². The van der Waals surface area contributed by atoms with E-state index in [0.29, 0.717) is 22.5 Å². The van der Waals surface area contributed by atoms with Crippen LogP contribution in [-0.2, 0) is 11.4 Å². The number of hydrogen-bond acceptors (Lipinski definition) is 15. The molecule has 1 aliphatic carbocycles. The van der Waals surface area contributed by atoms with E-state index in [0.717, 1.165) is 12.8 Å². The van der Waals surface area contributed by atoms with E-state index >= 15 is 0 Å². The Kier molecular flexibility index (Phi) is 11.3. The molecule has 2 heterocycles. The standard InChI is InChI=1S/C12H11ClN6O2.C12H20N6OS/c1-20-8-3-6(4-14)2-7(13)10(8)21-5-9-17-11(15)19-12(16)18-9;1-7(9(19)15-8-5-3-2-4-6-8)20-12-17-10(13)16-11(14)18-12/h2-3H,5H2,1H3,(H4,15,16,17,18,19);7-8H,2-6H2,1H3,(H,15,19)(H4,13,14,16,17,18). The van der Waals surface area contributed by atoms with E-state index in [1.807, 2.05) is 13.0 Å². The van der Waals surface area contributed by atoms with E-state index < -0.39 is 0 Å². The number of nitrogen functional groups attached to an aromatic ring is 4. The highest BCUT2D eigenvalue weighted by Crippen LogP contribution is 2.36. The SMILES string of the molecule is CC(Sc1nc(N)nc(N)n1)C(=O)NC1CCCCC1.COc1cc(C#N)cc(Cl)c1OCc1nc(N)nc(N)n1. The van der Waals surface area contributed by atoms with Crippen LogP contribution in [0.2, 0.25) is 5.02 Å². The van der Waals surface area contributed by atoms with Crippen LogP contribution in [0, 0.1) is 11.3 Å². The number of carbonyl (C=O) groups is 1. The Morgan fingerprint density at radius 2 is 1.63 bits per heavy atom. The van der Waals surface area contributed by atoms with Gasteiger partial charge in [-0.25, -0.2) is 0 Å². The average Bonchev–Trinajstić information content (AvgIpc) is 2.91. The number of nitrogens with one attached hydrogen (secondary N) is 1. The van der Waals surface area contributed by atoms with Crippen LogP contribution in [-0.4, -0.2) is 54.2 Å². The summed E-state index contributed by atoms with van der Waals surface area (Å²) in [6.45, 7) is 1.79. The summed E-state index contributed by atoms with van der Waals surface area (Å²) in [4.78, 5) is 35.2. The molecule has 17 heteroatoms. The maximum Gasteiger partial charge on any atom is 0.233 e. The molecule has 1 saturated carbocycles. The second kappa shape index (κ2) is 14.9. The van der Waals surface area contributed by atoms with Crippen LogP contribution in [0.25, 0.3) is 0 Å². The van der Waals surface area contributed by atoms with Gasteiger partial charge in [-0.1, -0.05) is 42.6 Å². The number of anilines is 4. The molecule has 1 unspecified atom stereocenters. The van der Waals surface area contributed by atoms with Crippen LogP contribution in [0.1, 0.15) is 50.4 Å². The summed E-state index contributed by atoms with van der Waals surface area (Å²) in [6, 6.07) is 5.25. The van der Waals surface area contributed by atoms with Gasteiger partial charge < -0.3 is 37.7 Å². The maximum absolute atomic E-state index is 12.1. The molecule has 218 valence electrons. The van der Waals surface area contributed by atoms with Gasteiger partial charge in [0.1, 0.15) is 6.61 Å². The van der Waals surface area contributed by atoms with Crippen molar-refractivity contribution >= 4 is 53.1 Å². The lowest BCUT2D eigenvalue weighted by Gasteiger charge is -2.24. The number of methoxy groups -OCH3 is 1. The summed E-state index contributed by atoms with van der Waals surface area (Å²) >= 11 is 7.30. The minimum Gasteiger partial charge on any atom is -0.493 e. The molecule has 0 radical (unpaired) electrons. The number of nitriles is 1. The molecule has 2 aromatic heterocycles. The first kappa shape index (κ1) is 31.2. The molecular formula is C24H31ClN12O3S. The van der Waals surface area contributed by atoms with E-state index in [-0.39, 0.29) is 58.2 Å². The molecule has 41 heavy (non-hydrogen) atoms. The second-order valence-electron chi connectivity index (χ2n) is 8.80. The molecule has 1 aliphatic rings. The number of benzene rings is 1. The number of carbonyl (C=O) groups excluding carboxylic acids is 1. The summed E-state index contributed by atoms with van der Waals surface area (Å²) in [7, 11) is 1.44. The molecule has 3 aromatic rings. The predicted molar refractivity (Wildman–Crippen MR) is 155 cm³/mol. The Hall–Kier alpha value is -4.36. The molecule has 1 amide bonds. The highest BCUT2D eigenvalue weighted by atomic mass is 35.5. The second-order valence-corrected chi connectivity index (χ2v) is 10.5. The van der Waals surface area contributed by atoms with E-state index in [1.165, 1.54) is 50.3 Å². The van der Waals surface area contributed by atoms with E-state index in [4.69, 9.17) is 49.3 Å². The van der Waals surface area contributed by atoms with Gasteiger partial charge in [0.15, 0.2) is 22.5 Å². The van der Waals surface area contributed by atoms with Crippen molar-refractivity contribution in [2.24, 2.45) is 0 Å². The van der Waals surface area contributed by atoms with Gasteiger partial charge in [0.2, 0.25) is 29.7 Å². The smallest absolute Gasteiger partial charge is 0.233 e. The highest BCUT2D eigenvalue weighted by molar-refractivity contribution is 8.00. The van der Waals surface area contributed by atoms with Gasteiger partial charge in [-0.15, -0.1) is 0 Å². The summed E-state index contributed by atoms with van der Waals surface area (Å²) in [5.74, 6) is 0.990. The number of thioether (sulfide) groups is 1. The lowest BCUT2D eigenvalue weighted by Crippen LogP contribution is -2.40. The topological polar surface area (TPSA) is 253 Å². The van der Waals surface area contributed by atoms with Gasteiger partial charge in [-0.05, 0) is 25.8 Å². The molecule has 15 nitrogen and oxygen atoms in total. The van der Waals surface area contributed by atoms with Gasteiger partial charge in [-0.2, -0.15) is 35.2 Å². The van der Waals surface area contributed by atoms with Crippen LogP contribution >= 0.6 is 23.4 Å². The van der Waals surface area contributed by atoms with Gasteiger partial charge >= 0.3 is 0 Å². The number of amides is 1. The van der Waals surface area contributed by atoms with Crippen molar-refractivity contribution in [3.05, 3.63) is 28.5 Å². The highest BCUT2D eigenvalue weighted by Gasteiger charge is 2.21. The number of hydrogen-bond donors (Lipinski definition) is 5. The number of rotatable bonds is 8. The lowest BCUT2D eigenvalue weighted by molar-refractivity contribution is -0.121. The van der Waals surface area contributed by atoms with Crippen molar-refractivity contribution in [2.45, 2.75) is 62.1 Å². The Bertz CT molecular complexity index is 1360. The van der Waals surface area contributed by atoms with Crippen LogP contribution in [0.15, 0.2) is 17.3 Å². The van der Waals surface area contributed by atoms with Crippen molar-refractivity contribution in [2.75, 3.05) is 30.0 Å². The molecule has 0 saturated heterocycles. The Balaban J connectivity index is 0.000000226. The summed E-state index contributed by atoms with van der Waals surface area (Å²) in [5, 5.41) is 12.3. The van der Waals surface area contributed by atoms with Gasteiger partial charge in [0.25, 0.3) is 0 Å². The summed E-state index contributed by atoms with van der Waals surface area (Å²) in [6.07, 6.45) is 5.77. The number of nitrogens with two attached hydrogens (primary N) is 4. The zero-order chi connectivity index (χ0) is 29.9. The quantitative estimate of drug-likeness (QED) is 0.231. The fraction of sp³-hybridized carbons (Fsp3) is 0.417. The number of nitrogens with zero attached hydrogens (tertiary/aromatic N) is 7. The molecule has 1 atom stereocenters. The Morgan fingerprint density at radius 3 is 2.20 bits per heavy atom. The number of halogens is 1. The molecule has 4 rings (SSSR count). The van der Waals surface area contributed by atoms with Crippen molar-refractivity contribution in [3.8, 4) is 17.6 Å². The third-order valence-electron chi connectivity index (χ3n) is 5.67. The monoisotopic (exact) mass is 602 g/mol. The largest absolute Gasteiger partial charge is 0.493 e. The summed E-state index contributed by atoms with van der Waals surface area (Å²) in [5.41, 5.74) is 22.3. The lowest BCUT2D eigenvalue weighted by atomic mass is 9.95. The molecule has 1 fully saturated rings. The zero-order valence-electron chi connectivity index (χ0n) is 22.5. The molecule has 0 aliphatic heterocycles. The normalized spacial score (nSPS) is 13.7. The predicted octanol–water partition coefficient (Wildman–Crippen LogP) is 2.11. The van der Waals surface area contributed by atoms with E-state index in [1.54, 1.807) is 0 Å². The van der Waals surface area contributed by atoms with Crippen molar-refractivity contribution in [1.82, 2.24) is 35.2 Å². The van der Waals surface area contributed by atoms with Crippen molar-refractivity contribution < 1.29 is 14.3 Å². The van der Waals surface area contributed by atoms with Crippen molar-refractivity contribution in [3.63, 3.8) is 0 Å². The van der Waals surface area contributed by atoms with Crippen LogP contribution in [0.3, 0.4) is 0 Å². The molecular weight excluding hydrogens is 572 g/mol. The summed E-state index contributed by atoms with van der Waals surface area (Å²) < 4.78 is 10.7. The van der Waals surface area contributed by atoms with Crippen LogP contribution in [0.5, 0.6) is 11.5 Å². The first-order chi connectivity index (χ1) is 19.6. The first-order valence-corrected chi connectivity index (χ1v) is 13.7. The average molecular weight is 603 g/mol. The van der Waals surface area contributed by atoms with E-state index in [2.05, 4.69) is 35.2 Å². The van der Waals surface area contributed by atoms with Gasteiger partial charge in [0.05, 0.1) is 29.0 Å². The first-order valence-electron chi connectivity index (χ1n) is 12.5. The minimum absolute atomic E-state index is 0.000505. The molecule has 0 spiro atoms. The van der Waals surface area contributed by atoms with Crippen LogP contribution in [0.4, 0.5) is 23.8 Å². The minimum atomic E-state index is -0.293. The van der Waals surface area contributed by atoms with Crippen molar-refractivity contribution in [1.29, 1.82) is 5.26 Å². The fourth-order valence-corrected chi connectivity index (χ4v) is 4.85. The van der Waals surface area contributed by atoms with Crippen LogP contribution < -0.4 is 37.7 Å². The Morgan fingerprint density at radius 1 is 1.05 bits per heavy atom. The third-order valence-corrected chi connectivity index (χ3v) is 6.91. The van der Waals surface area contributed by atoms with Gasteiger partial charge in [0, 0.05) is 12.1 Å². The third kappa shape index (κ3) is 9.65. The maximum atomic E-state index is 12.1. The number of aromatic nitrogens is 6. The fourth-order valence-electron chi connectivity index (χ4n) is 3.80. The molecule has 0 bridgehead atoms. The molecule has 1 aromatic carbocycles. The zero-order valence-corrected chi connectivity index (χ0v) is 24.1. The van der Waals surface area contributed by atoms with Gasteiger partial charge in [-0.3, -0.25) is 4.79 Å². The molecule has 9 N–H and O–H groups in total. The number of ether oxygens (including phenoxy) is 2.